The summed E-state index contributed by atoms with van der Waals surface area (Å²) in [7, 11) is 1.90. The van der Waals surface area contributed by atoms with Gasteiger partial charge >= 0.3 is 0 Å². The Balaban J connectivity index is 1.96. The molecular formula is C13H14Cl2N4S. The van der Waals surface area contributed by atoms with E-state index >= 15 is 0 Å². The van der Waals surface area contributed by atoms with Crippen molar-refractivity contribution in [1.29, 1.82) is 0 Å². The monoisotopic (exact) mass is 328 g/mol. The van der Waals surface area contributed by atoms with Crippen molar-refractivity contribution in [2.75, 3.05) is 5.32 Å². The normalized spacial score (nSPS) is 10.4. The highest BCUT2D eigenvalue weighted by Gasteiger charge is 2.05. The Labute approximate surface area is 133 Å². The highest BCUT2D eigenvalue weighted by atomic mass is 35.5. The lowest BCUT2D eigenvalue weighted by Gasteiger charge is -2.12. The molecule has 0 atom stereocenters. The number of nitrogens with zero attached hydrogens (tertiary/aromatic N) is 2. The van der Waals surface area contributed by atoms with Crippen LogP contribution in [0.15, 0.2) is 24.3 Å². The average molecular weight is 329 g/mol. The van der Waals surface area contributed by atoms with E-state index in [1.54, 1.807) is 18.2 Å². The Kier molecular flexibility index (Phi) is 4.86. The number of aromatic nitrogens is 2. The minimum atomic E-state index is 0.480. The van der Waals surface area contributed by atoms with Crippen molar-refractivity contribution in [3.05, 3.63) is 45.7 Å². The van der Waals surface area contributed by atoms with E-state index in [0.29, 0.717) is 27.4 Å². The predicted molar refractivity (Wildman–Crippen MR) is 87.5 cm³/mol. The molecule has 7 heteroatoms. The van der Waals surface area contributed by atoms with Gasteiger partial charge in [0.1, 0.15) is 0 Å². The summed E-state index contributed by atoms with van der Waals surface area (Å²) >= 11 is 17.2. The Morgan fingerprint density at radius 2 is 2.10 bits per heavy atom. The third kappa shape index (κ3) is 3.85. The number of hydrogen-bond donors (Lipinski definition) is 2. The van der Waals surface area contributed by atoms with Crippen molar-refractivity contribution in [3.63, 3.8) is 0 Å². The van der Waals surface area contributed by atoms with Crippen LogP contribution in [0.2, 0.25) is 10.0 Å². The van der Waals surface area contributed by atoms with Crippen molar-refractivity contribution in [3.8, 4) is 0 Å². The van der Waals surface area contributed by atoms with Crippen LogP contribution in [-0.4, -0.2) is 14.9 Å². The van der Waals surface area contributed by atoms with E-state index in [2.05, 4.69) is 15.7 Å². The van der Waals surface area contributed by atoms with Crippen LogP contribution in [-0.2, 0) is 13.6 Å². The molecule has 0 aliphatic carbocycles. The van der Waals surface area contributed by atoms with Crippen LogP contribution < -0.4 is 10.6 Å². The van der Waals surface area contributed by atoms with Crippen LogP contribution in [0.1, 0.15) is 11.4 Å². The number of halogens is 2. The molecule has 0 unspecified atom stereocenters. The van der Waals surface area contributed by atoms with E-state index < -0.39 is 0 Å². The molecule has 1 heterocycles. The van der Waals surface area contributed by atoms with Crippen molar-refractivity contribution in [1.82, 2.24) is 15.1 Å². The summed E-state index contributed by atoms with van der Waals surface area (Å²) in [5.41, 5.74) is 2.70. The van der Waals surface area contributed by atoms with E-state index in [4.69, 9.17) is 35.4 Å². The minimum Gasteiger partial charge on any atom is -0.357 e. The van der Waals surface area contributed by atoms with Gasteiger partial charge in [-0.2, -0.15) is 5.10 Å². The molecule has 0 radical (unpaired) electrons. The summed E-state index contributed by atoms with van der Waals surface area (Å²) < 4.78 is 1.82. The number of benzene rings is 1. The summed E-state index contributed by atoms with van der Waals surface area (Å²) in [6.07, 6.45) is 0. The van der Waals surface area contributed by atoms with E-state index in [0.717, 1.165) is 11.4 Å². The second-order valence-corrected chi connectivity index (χ2v) is 5.58. The zero-order valence-corrected chi connectivity index (χ0v) is 13.4. The molecule has 0 bridgehead atoms. The SMILES string of the molecule is Cc1cc(CNC(=S)Nc2cc(Cl)ccc2Cl)n(C)n1. The quantitative estimate of drug-likeness (QED) is 0.846. The number of thiocarbonyl (C=S) groups is 1. The second-order valence-electron chi connectivity index (χ2n) is 4.33. The van der Waals surface area contributed by atoms with Gasteiger partial charge in [-0.3, -0.25) is 4.68 Å². The van der Waals surface area contributed by atoms with Gasteiger partial charge in [-0.25, -0.2) is 0 Å². The molecule has 1 aromatic carbocycles. The van der Waals surface area contributed by atoms with E-state index in [1.807, 2.05) is 24.7 Å². The third-order valence-corrected chi connectivity index (χ3v) is 3.52. The summed E-state index contributed by atoms with van der Waals surface area (Å²) in [6.45, 7) is 2.53. The maximum Gasteiger partial charge on any atom is 0.171 e. The predicted octanol–water partition coefficient (Wildman–Crippen LogP) is 3.52. The Bertz CT molecular complexity index is 639. The lowest BCUT2D eigenvalue weighted by Crippen LogP contribution is -2.28. The Hall–Kier alpha value is -1.30. The van der Waals surface area contributed by atoms with Crippen LogP contribution in [0, 0.1) is 6.92 Å². The second kappa shape index (κ2) is 6.43. The zero-order valence-electron chi connectivity index (χ0n) is 11.1. The minimum absolute atomic E-state index is 0.480. The van der Waals surface area contributed by atoms with Crippen LogP contribution in [0.5, 0.6) is 0 Å². The standard InChI is InChI=1S/C13H14Cl2N4S/c1-8-5-10(19(2)18-8)7-16-13(20)17-12-6-9(14)3-4-11(12)15/h3-6H,7H2,1-2H3,(H2,16,17,20). The van der Waals surface area contributed by atoms with Gasteiger partial charge in [0, 0.05) is 12.1 Å². The number of nitrogens with one attached hydrogen (secondary N) is 2. The number of rotatable bonds is 3. The number of hydrogen-bond acceptors (Lipinski definition) is 2. The fraction of sp³-hybridized carbons (Fsp3) is 0.231. The lowest BCUT2D eigenvalue weighted by atomic mass is 10.3. The summed E-state index contributed by atoms with van der Waals surface area (Å²) in [6, 6.07) is 7.18. The molecule has 0 aliphatic heterocycles. The van der Waals surface area contributed by atoms with Gasteiger partial charge in [0.05, 0.1) is 28.6 Å². The number of anilines is 1. The van der Waals surface area contributed by atoms with E-state index in [9.17, 15) is 0 Å². The fourth-order valence-corrected chi connectivity index (χ4v) is 2.28. The van der Waals surface area contributed by atoms with Crippen LogP contribution in [0.3, 0.4) is 0 Å². The first kappa shape index (κ1) is 15.1. The van der Waals surface area contributed by atoms with Crippen molar-refractivity contribution < 1.29 is 0 Å². The van der Waals surface area contributed by atoms with Gasteiger partial charge < -0.3 is 10.6 Å². The van der Waals surface area contributed by atoms with Crippen molar-refractivity contribution >= 4 is 46.2 Å². The lowest BCUT2D eigenvalue weighted by molar-refractivity contribution is 0.689. The van der Waals surface area contributed by atoms with Crippen molar-refractivity contribution in [2.45, 2.75) is 13.5 Å². The van der Waals surface area contributed by atoms with Crippen LogP contribution in [0.4, 0.5) is 5.69 Å². The average Bonchev–Trinajstić information content (AvgIpc) is 2.70. The molecule has 106 valence electrons. The third-order valence-electron chi connectivity index (χ3n) is 2.71. The van der Waals surface area contributed by atoms with Gasteiger partial charge in [0.2, 0.25) is 0 Å². The molecule has 2 N–H and O–H groups in total. The summed E-state index contributed by atoms with van der Waals surface area (Å²) in [5, 5.41) is 12.0. The summed E-state index contributed by atoms with van der Waals surface area (Å²) in [5.74, 6) is 0. The molecule has 1 aromatic heterocycles. The molecule has 0 saturated carbocycles. The Morgan fingerprint density at radius 3 is 2.75 bits per heavy atom. The molecule has 0 fully saturated rings. The molecule has 0 spiro atoms. The molecule has 2 aromatic rings. The van der Waals surface area contributed by atoms with Gasteiger partial charge in [-0.05, 0) is 43.4 Å². The van der Waals surface area contributed by atoms with E-state index in [-0.39, 0.29) is 0 Å². The van der Waals surface area contributed by atoms with E-state index in [1.165, 1.54) is 0 Å². The first-order valence-corrected chi connectivity index (χ1v) is 7.11. The molecular weight excluding hydrogens is 315 g/mol. The Morgan fingerprint density at radius 1 is 1.35 bits per heavy atom. The van der Waals surface area contributed by atoms with Crippen molar-refractivity contribution in [2.24, 2.45) is 7.05 Å². The molecule has 0 saturated heterocycles. The highest BCUT2D eigenvalue weighted by molar-refractivity contribution is 7.80. The van der Waals surface area contributed by atoms with Gasteiger partial charge in [0.25, 0.3) is 0 Å². The maximum absolute atomic E-state index is 6.06. The molecule has 20 heavy (non-hydrogen) atoms. The number of aryl methyl sites for hydroxylation is 2. The topological polar surface area (TPSA) is 41.9 Å². The molecule has 4 nitrogen and oxygen atoms in total. The van der Waals surface area contributed by atoms with Crippen LogP contribution >= 0.6 is 35.4 Å². The molecule has 0 aliphatic rings. The zero-order chi connectivity index (χ0) is 14.7. The van der Waals surface area contributed by atoms with Gasteiger partial charge in [-0.1, -0.05) is 23.2 Å². The van der Waals surface area contributed by atoms with Gasteiger partial charge in [0.15, 0.2) is 5.11 Å². The first-order chi connectivity index (χ1) is 9.45. The maximum atomic E-state index is 6.06. The van der Waals surface area contributed by atoms with Crippen LogP contribution in [0.25, 0.3) is 0 Å². The fourth-order valence-electron chi connectivity index (χ4n) is 1.76. The largest absolute Gasteiger partial charge is 0.357 e. The smallest absolute Gasteiger partial charge is 0.171 e. The summed E-state index contributed by atoms with van der Waals surface area (Å²) in [4.78, 5) is 0. The molecule has 2 rings (SSSR count). The highest BCUT2D eigenvalue weighted by Crippen LogP contribution is 2.25. The molecule has 0 amide bonds. The first-order valence-electron chi connectivity index (χ1n) is 5.95. The van der Waals surface area contributed by atoms with Gasteiger partial charge in [-0.15, -0.1) is 0 Å².